The molecule has 1 aromatic heterocycles. The van der Waals surface area contributed by atoms with Gasteiger partial charge in [-0.05, 0) is 38.5 Å². The summed E-state index contributed by atoms with van der Waals surface area (Å²) in [6.07, 6.45) is 0. The van der Waals surface area contributed by atoms with Gasteiger partial charge in [0.2, 0.25) is 5.78 Å². The molecule has 0 unspecified atom stereocenters. The van der Waals surface area contributed by atoms with Gasteiger partial charge in [-0.2, -0.15) is 0 Å². The standard InChI is InChI=1S/C19H20N2O8/c1-5-28-19(24)17-10(2)16(11(3)20-17)14(22)9-29-18(23)12-6-7-15(27-4)13(8-12)21(25)26/h6-8,20H,5,9H2,1-4H3. The van der Waals surface area contributed by atoms with E-state index in [0.717, 1.165) is 6.07 Å². The summed E-state index contributed by atoms with van der Waals surface area (Å²) in [5.74, 6) is -2.02. The van der Waals surface area contributed by atoms with Gasteiger partial charge in [-0.3, -0.25) is 14.9 Å². The van der Waals surface area contributed by atoms with Crippen molar-refractivity contribution >= 4 is 23.4 Å². The summed E-state index contributed by atoms with van der Waals surface area (Å²) < 4.78 is 14.8. The minimum Gasteiger partial charge on any atom is -0.490 e. The van der Waals surface area contributed by atoms with Gasteiger partial charge in [-0.25, -0.2) is 9.59 Å². The first kappa shape index (κ1) is 21.6. The summed E-state index contributed by atoms with van der Waals surface area (Å²) in [5, 5.41) is 11.1. The average Bonchev–Trinajstić information content (AvgIpc) is 2.99. The number of H-pyrrole nitrogens is 1. The molecule has 0 aliphatic rings. The molecule has 10 heteroatoms. The highest BCUT2D eigenvalue weighted by Gasteiger charge is 2.24. The normalized spacial score (nSPS) is 10.3. The highest BCUT2D eigenvalue weighted by Crippen LogP contribution is 2.28. The Morgan fingerprint density at radius 1 is 1.14 bits per heavy atom. The molecule has 0 bridgehead atoms. The zero-order chi connectivity index (χ0) is 21.7. The van der Waals surface area contributed by atoms with Crippen molar-refractivity contribution in [3.63, 3.8) is 0 Å². The quantitative estimate of drug-likeness (QED) is 0.307. The lowest BCUT2D eigenvalue weighted by atomic mass is 10.1. The third kappa shape index (κ3) is 4.60. The number of benzene rings is 1. The summed E-state index contributed by atoms with van der Waals surface area (Å²) in [7, 11) is 1.27. The van der Waals surface area contributed by atoms with Gasteiger partial charge < -0.3 is 19.2 Å². The highest BCUT2D eigenvalue weighted by atomic mass is 16.6. The maximum absolute atomic E-state index is 12.5. The molecule has 29 heavy (non-hydrogen) atoms. The Bertz CT molecular complexity index is 977. The van der Waals surface area contributed by atoms with Crippen LogP contribution in [0.3, 0.4) is 0 Å². The van der Waals surface area contributed by atoms with E-state index in [1.807, 2.05) is 0 Å². The van der Waals surface area contributed by atoms with Crippen LogP contribution < -0.4 is 4.74 Å². The van der Waals surface area contributed by atoms with Gasteiger partial charge in [0.25, 0.3) is 0 Å². The third-order valence-corrected chi connectivity index (χ3v) is 4.14. The van der Waals surface area contributed by atoms with Gasteiger partial charge in [0.05, 0.1) is 24.2 Å². The monoisotopic (exact) mass is 404 g/mol. The Labute approximate surface area is 165 Å². The summed E-state index contributed by atoms with van der Waals surface area (Å²) >= 11 is 0. The fourth-order valence-corrected chi connectivity index (χ4v) is 2.82. The first-order valence-corrected chi connectivity index (χ1v) is 8.60. The number of nitro benzene ring substituents is 1. The molecule has 1 N–H and O–H groups in total. The van der Waals surface area contributed by atoms with Crippen LogP contribution >= 0.6 is 0 Å². The number of aromatic nitrogens is 1. The molecule has 1 aromatic carbocycles. The number of nitro groups is 1. The lowest BCUT2D eigenvalue weighted by molar-refractivity contribution is -0.385. The minimum atomic E-state index is -0.902. The summed E-state index contributed by atoms with van der Waals surface area (Å²) in [4.78, 5) is 49.8. The van der Waals surface area contributed by atoms with Crippen molar-refractivity contribution < 1.29 is 33.5 Å². The van der Waals surface area contributed by atoms with Crippen LogP contribution in [0, 0.1) is 24.0 Å². The van der Waals surface area contributed by atoms with Crippen LogP contribution in [0.2, 0.25) is 0 Å². The van der Waals surface area contributed by atoms with Gasteiger partial charge >= 0.3 is 17.6 Å². The van der Waals surface area contributed by atoms with Gasteiger partial charge in [-0.15, -0.1) is 0 Å². The molecule has 2 aromatic rings. The Morgan fingerprint density at radius 2 is 1.83 bits per heavy atom. The number of methoxy groups -OCH3 is 1. The number of ether oxygens (including phenoxy) is 3. The molecular formula is C19H20N2O8. The van der Waals surface area contributed by atoms with Crippen molar-refractivity contribution in [3.05, 3.63) is 56.4 Å². The van der Waals surface area contributed by atoms with Crippen molar-refractivity contribution in [2.75, 3.05) is 20.3 Å². The second kappa shape index (κ2) is 9.00. The number of esters is 2. The number of hydrogen-bond acceptors (Lipinski definition) is 8. The van der Waals surface area contributed by atoms with E-state index >= 15 is 0 Å². The van der Waals surface area contributed by atoms with E-state index in [1.54, 1.807) is 20.8 Å². The van der Waals surface area contributed by atoms with E-state index in [2.05, 4.69) is 4.98 Å². The van der Waals surface area contributed by atoms with Gasteiger partial charge in [0, 0.05) is 17.3 Å². The van der Waals surface area contributed by atoms with E-state index in [4.69, 9.17) is 14.2 Å². The van der Waals surface area contributed by atoms with Crippen molar-refractivity contribution in [1.29, 1.82) is 0 Å². The summed E-state index contributed by atoms with van der Waals surface area (Å²) in [6.45, 7) is 4.44. The molecule has 0 saturated heterocycles. The molecule has 0 aliphatic heterocycles. The number of carbonyl (C=O) groups is 3. The second-order valence-corrected chi connectivity index (χ2v) is 5.99. The molecule has 0 fully saturated rings. The van der Waals surface area contributed by atoms with Crippen LogP contribution in [0.25, 0.3) is 0 Å². The van der Waals surface area contributed by atoms with Crippen LogP contribution in [-0.2, 0) is 9.47 Å². The Kier molecular flexibility index (Phi) is 6.71. The van der Waals surface area contributed by atoms with Crippen LogP contribution in [0.5, 0.6) is 5.75 Å². The highest BCUT2D eigenvalue weighted by molar-refractivity contribution is 6.04. The molecule has 0 atom stereocenters. The molecule has 0 spiro atoms. The van der Waals surface area contributed by atoms with Crippen LogP contribution in [-0.4, -0.2) is 48.0 Å². The number of ketones is 1. The summed E-state index contributed by atoms with van der Waals surface area (Å²) in [5.41, 5.74) is 0.713. The second-order valence-electron chi connectivity index (χ2n) is 5.99. The molecule has 0 amide bonds. The SMILES string of the molecule is CCOC(=O)c1[nH]c(C)c(C(=O)COC(=O)c2ccc(OC)c([N+](=O)[O-])c2)c1C. The number of carbonyl (C=O) groups excluding carboxylic acids is 3. The maximum Gasteiger partial charge on any atom is 0.355 e. The van der Waals surface area contributed by atoms with Gasteiger partial charge in [0.15, 0.2) is 12.4 Å². The average molecular weight is 404 g/mol. The van der Waals surface area contributed by atoms with Crippen LogP contribution in [0.4, 0.5) is 5.69 Å². The van der Waals surface area contributed by atoms with Gasteiger partial charge in [-0.1, -0.05) is 0 Å². The Balaban J connectivity index is 2.15. The van der Waals surface area contributed by atoms with E-state index in [9.17, 15) is 24.5 Å². The number of Topliss-reactive ketones (excluding diaryl/α,β-unsaturated/α-hetero) is 1. The zero-order valence-electron chi connectivity index (χ0n) is 16.4. The fourth-order valence-electron chi connectivity index (χ4n) is 2.82. The van der Waals surface area contributed by atoms with Crippen LogP contribution in [0.15, 0.2) is 18.2 Å². The third-order valence-electron chi connectivity index (χ3n) is 4.14. The minimum absolute atomic E-state index is 0.00677. The number of hydrogen-bond donors (Lipinski definition) is 1. The molecule has 0 aliphatic carbocycles. The smallest absolute Gasteiger partial charge is 0.355 e. The number of rotatable bonds is 8. The topological polar surface area (TPSA) is 138 Å². The Hall–Kier alpha value is -3.69. The first-order chi connectivity index (χ1) is 13.7. The number of aromatic amines is 1. The zero-order valence-corrected chi connectivity index (χ0v) is 16.4. The Morgan fingerprint density at radius 3 is 2.41 bits per heavy atom. The predicted molar refractivity (Wildman–Crippen MR) is 100 cm³/mol. The van der Waals surface area contributed by atoms with Crippen molar-refractivity contribution in [3.8, 4) is 5.75 Å². The largest absolute Gasteiger partial charge is 0.490 e. The van der Waals surface area contributed by atoms with E-state index in [1.165, 1.54) is 19.2 Å². The molecule has 154 valence electrons. The molecule has 10 nitrogen and oxygen atoms in total. The number of nitrogens with one attached hydrogen (secondary N) is 1. The first-order valence-electron chi connectivity index (χ1n) is 8.60. The molecule has 0 saturated carbocycles. The van der Waals surface area contributed by atoms with E-state index in [0.29, 0.717) is 11.3 Å². The molecule has 0 radical (unpaired) electrons. The van der Waals surface area contributed by atoms with Crippen molar-refractivity contribution in [1.82, 2.24) is 4.98 Å². The van der Waals surface area contributed by atoms with Gasteiger partial charge in [0.1, 0.15) is 5.69 Å². The number of aryl methyl sites for hydroxylation is 1. The maximum atomic E-state index is 12.5. The van der Waals surface area contributed by atoms with Crippen molar-refractivity contribution in [2.24, 2.45) is 0 Å². The van der Waals surface area contributed by atoms with Crippen LogP contribution in [0.1, 0.15) is 49.4 Å². The van der Waals surface area contributed by atoms with E-state index in [-0.39, 0.29) is 29.2 Å². The lowest BCUT2D eigenvalue weighted by Gasteiger charge is -2.07. The molecule has 2 rings (SSSR count). The predicted octanol–water partition coefficient (Wildman–Crippen LogP) is 2.76. The number of nitrogens with zero attached hydrogens (tertiary/aromatic N) is 1. The molecular weight excluding hydrogens is 384 g/mol. The van der Waals surface area contributed by atoms with Crippen molar-refractivity contribution in [2.45, 2.75) is 20.8 Å². The fraction of sp³-hybridized carbons (Fsp3) is 0.316. The summed E-state index contributed by atoms with van der Waals surface area (Å²) in [6, 6.07) is 3.57. The van der Waals surface area contributed by atoms with E-state index < -0.39 is 34.9 Å². The lowest BCUT2D eigenvalue weighted by Crippen LogP contribution is -2.16. The molecule has 1 heterocycles.